The second-order valence-corrected chi connectivity index (χ2v) is 8.43. The fourth-order valence-electron chi connectivity index (χ4n) is 2.78. The number of ether oxygens (including phenoxy) is 1. The van der Waals surface area contributed by atoms with Gasteiger partial charge in [0, 0.05) is 16.8 Å². The van der Waals surface area contributed by atoms with Gasteiger partial charge >= 0.3 is 0 Å². The molecule has 0 radical (unpaired) electrons. The van der Waals surface area contributed by atoms with Gasteiger partial charge in [-0.3, -0.25) is 9.10 Å². The van der Waals surface area contributed by atoms with E-state index in [2.05, 4.69) is 5.32 Å². The predicted molar refractivity (Wildman–Crippen MR) is 109 cm³/mol. The third-order valence-corrected chi connectivity index (χ3v) is 5.48. The number of halogens is 1. The Hall–Kier alpha value is -2.25. The fourth-order valence-corrected chi connectivity index (χ4v) is 4.21. The minimum Gasteiger partial charge on any atom is -0.497 e. The number of hydrogen-bond donors (Lipinski definition) is 1. The Bertz CT molecular complexity index is 931. The summed E-state index contributed by atoms with van der Waals surface area (Å²) >= 11 is 6.07. The van der Waals surface area contributed by atoms with Crippen LogP contribution in [0.25, 0.3) is 0 Å². The molecule has 0 heterocycles. The number of anilines is 2. The highest BCUT2D eigenvalue weighted by Gasteiger charge is 2.32. The number of sulfonamides is 1. The Morgan fingerprint density at radius 3 is 2.56 bits per heavy atom. The van der Waals surface area contributed by atoms with Crippen molar-refractivity contribution in [2.24, 2.45) is 0 Å². The van der Waals surface area contributed by atoms with Crippen LogP contribution in [0.4, 0.5) is 11.4 Å². The molecule has 0 aliphatic carbocycles. The molecule has 1 atom stereocenters. The molecule has 0 aromatic heterocycles. The summed E-state index contributed by atoms with van der Waals surface area (Å²) in [6.45, 7) is 3.53. The zero-order valence-corrected chi connectivity index (χ0v) is 17.3. The van der Waals surface area contributed by atoms with E-state index < -0.39 is 22.0 Å². The Kier molecular flexibility index (Phi) is 6.73. The summed E-state index contributed by atoms with van der Waals surface area (Å²) in [7, 11) is -2.20. The van der Waals surface area contributed by atoms with Gasteiger partial charge in [-0.1, -0.05) is 30.7 Å². The van der Waals surface area contributed by atoms with Gasteiger partial charge in [-0.15, -0.1) is 0 Å². The number of carbonyl (C=O) groups is 1. The summed E-state index contributed by atoms with van der Waals surface area (Å²) in [4.78, 5) is 12.9. The Labute approximate surface area is 165 Å². The average Bonchev–Trinajstić information content (AvgIpc) is 2.61. The quantitative estimate of drug-likeness (QED) is 0.752. The topological polar surface area (TPSA) is 75.7 Å². The molecular formula is C19H23ClN2O4S. The van der Waals surface area contributed by atoms with E-state index in [1.807, 2.05) is 0 Å². The second-order valence-electron chi connectivity index (χ2n) is 6.13. The number of amides is 1. The van der Waals surface area contributed by atoms with Crippen LogP contribution in [-0.2, 0) is 14.8 Å². The van der Waals surface area contributed by atoms with Crippen LogP contribution in [-0.4, -0.2) is 33.7 Å². The monoisotopic (exact) mass is 410 g/mol. The zero-order valence-electron chi connectivity index (χ0n) is 15.7. The van der Waals surface area contributed by atoms with Crippen molar-refractivity contribution in [1.29, 1.82) is 0 Å². The number of rotatable bonds is 7. The van der Waals surface area contributed by atoms with Crippen molar-refractivity contribution in [2.45, 2.75) is 26.3 Å². The van der Waals surface area contributed by atoms with Crippen molar-refractivity contribution >= 4 is 38.9 Å². The first-order chi connectivity index (χ1) is 12.7. The maximum absolute atomic E-state index is 12.9. The van der Waals surface area contributed by atoms with Gasteiger partial charge in [-0.2, -0.15) is 0 Å². The smallest absolute Gasteiger partial charge is 0.248 e. The van der Waals surface area contributed by atoms with Crippen molar-refractivity contribution in [2.75, 3.05) is 23.0 Å². The van der Waals surface area contributed by atoms with Gasteiger partial charge in [0.15, 0.2) is 0 Å². The fraction of sp³-hybridized carbons (Fsp3) is 0.316. The Morgan fingerprint density at radius 1 is 1.26 bits per heavy atom. The average molecular weight is 411 g/mol. The van der Waals surface area contributed by atoms with Gasteiger partial charge < -0.3 is 10.1 Å². The van der Waals surface area contributed by atoms with Gasteiger partial charge in [0.1, 0.15) is 11.8 Å². The van der Waals surface area contributed by atoms with Crippen LogP contribution in [0.1, 0.15) is 18.9 Å². The molecule has 0 aliphatic heterocycles. The van der Waals surface area contributed by atoms with Crippen LogP contribution in [0, 0.1) is 6.92 Å². The van der Waals surface area contributed by atoms with E-state index in [-0.39, 0.29) is 6.42 Å². The molecule has 0 fully saturated rings. The van der Waals surface area contributed by atoms with Gasteiger partial charge in [0.05, 0.1) is 19.1 Å². The number of carbonyl (C=O) groups excluding carboxylic acids is 1. The molecule has 8 heteroatoms. The minimum atomic E-state index is -3.73. The third kappa shape index (κ3) is 5.14. The third-order valence-electron chi connectivity index (χ3n) is 4.08. The highest BCUT2D eigenvalue weighted by atomic mass is 35.5. The molecule has 0 bridgehead atoms. The molecule has 2 aromatic carbocycles. The summed E-state index contributed by atoms with van der Waals surface area (Å²) in [5.41, 5.74) is 1.61. The van der Waals surface area contributed by atoms with E-state index in [4.69, 9.17) is 16.3 Å². The van der Waals surface area contributed by atoms with Gasteiger partial charge in [-0.25, -0.2) is 8.42 Å². The first kappa shape index (κ1) is 21.1. The van der Waals surface area contributed by atoms with Crippen LogP contribution in [0.3, 0.4) is 0 Å². The first-order valence-electron chi connectivity index (χ1n) is 8.37. The normalized spacial score (nSPS) is 12.3. The maximum Gasteiger partial charge on any atom is 0.248 e. The molecule has 2 rings (SSSR count). The number of nitrogens with one attached hydrogen (secondary N) is 1. The van der Waals surface area contributed by atoms with E-state index in [1.165, 1.54) is 7.11 Å². The molecule has 0 unspecified atom stereocenters. The Morgan fingerprint density at radius 2 is 1.96 bits per heavy atom. The van der Waals surface area contributed by atoms with Crippen molar-refractivity contribution in [1.82, 2.24) is 0 Å². The van der Waals surface area contributed by atoms with Gasteiger partial charge in [0.2, 0.25) is 15.9 Å². The van der Waals surface area contributed by atoms with Crippen LogP contribution in [0.5, 0.6) is 5.75 Å². The number of hydrogen-bond acceptors (Lipinski definition) is 4. The van der Waals surface area contributed by atoms with Crippen LogP contribution in [0.2, 0.25) is 5.02 Å². The number of nitrogens with zero attached hydrogens (tertiary/aromatic N) is 1. The number of benzene rings is 2. The molecule has 0 aliphatic rings. The highest BCUT2D eigenvalue weighted by molar-refractivity contribution is 7.92. The van der Waals surface area contributed by atoms with Gasteiger partial charge in [0.25, 0.3) is 0 Å². The Balaban J connectivity index is 2.43. The molecule has 146 valence electrons. The van der Waals surface area contributed by atoms with E-state index in [1.54, 1.807) is 56.3 Å². The van der Waals surface area contributed by atoms with E-state index >= 15 is 0 Å². The van der Waals surface area contributed by atoms with E-state index in [0.29, 0.717) is 27.7 Å². The standard InChI is InChI=1S/C19H23ClN2O4S/c1-5-17(19(23)21-15-7-6-8-16(12-15)26-3)22(27(4,24)25)18-11-14(20)10-9-13(18)2/h6-12,17H,5H2,1-4H3,(H,21,23)/t17-/m1/s1. The van der Waals surface area contributed by atoms with Crippen molar-refractivity contribution in [3.8, 4) is 5.75 Å². The van der Waals surface area contributed by atoms with Crippen molar-refractivity contribution in [3.05, 3.63) is 53.1 Å². The number of methoxy groups -OCH3 is 1. The SMILES string of the molecule is CC[C@H](C(=O)Nc1cccc(OC)c1)N(c1cc(Cl)ccc1C)S(C)(=O)=O. The lowest BCUT2D eigenvalue weighted by Crippen LogP contribution is -2.47. The predicted octanol–water partition coefficient (Wildman–Crippen LogP) is 3.84. The molecule has 0 saturated carbocycles. The molecule has 27 heavy (non-hydrogen) atoms. The lowest BCUT2D eigenvalue weighted by Gasteiger charge is -2.31. The molecular weight excluding hydrogens is 388 g/mol. The molecule has 6 nitrogen and oxygen atoms in total. The summed E-state index contributed by atoms with van der Waals surface area (Å²) in [6.07, 6.45) is 1.36. The summed E-state index contributed by atoms with van der Waals surface area (Å²) < 4.78 is 31.4. The highest BCUT2D eigenvalue weighted by Crippen LogP contribution is 2.29. The molecule has 1 N–H and O–H groups in total. The maximum atomic E-state index is 12.9. The van der Waals surface area contributed by atoms with Crippen molar-refractivity contribution < 1.29 is 17.9 Å². The van der Waals surface area contributed by atoms with Gasteiger partial charge in [-0.05, 0) is 43.2 Å². The zero-order chi connectivity index (χ0) is 20.2. The van der Waals surface area contributed by atoms with Crippen LogP contribution >= 0.6 is 11.6 Å². The lowest BCUT2D eigenvalue weighted by atomic mass is 10.1. The van der Waals surface area contributed by atoms with E-state index in [0.717, 1.165) is 10.6 Å². The second kappa shape index (κ2) is 8.63. The first-order valence-corrected chi connectivity index (χ1v) is 10.6. The lowest BCUT2D eigenvalue weighted by molar-refractivity contribution is -0.117. The largest absolute Gasteiger partial charge is 0.497 e. The molecule has 0 spiro atoms. The number of aryl methyl sites for hydroxylation is 1. The van der Waals surface area contributed by atoms with Crippen LogP contribution < -0.4 is 14.4 Å². The van der Waals surface area contributed by atoms with Crippen LogP contribution in [0.15, 0.2) is 42.5 Å². The molecule has 1 amide bonds. The summed E-state index contributed by atoms with van der Waals surface area (Å²) in [5.74, 6) is 0.155. The molecule has 2 aromatic rings. The minimum absolute atomic E-state index is 0.287. The summed E-state index contributed by atoms with van der Waals surface area (Å²) in [5, 5.41) is 3.16. The van der Waals surface area contributed by atoms with E-state index in [9.17, 15) is 13.2 Å². The van der Waals surface area contributed by atoms with Crippen molar-refractivity contribution in [3.63, 3.8) is 0 Å². The summed E-state index contributed by atoms with van der Waals surface area (Å²) in [6, 6.07) is 10.9. The molecule has 0 saturated heterocycles.